The average Bonchev–Trinajstić information content (AvgIpc) is 3.37. The highest BCUT2D eigenvalue weighted by Gasteiger charge is 2.19. The molecule has 0 aliphatic heterocycles. The van der Waals surface area contributed by atoms with Gasteiger partial charge in [-0.3, -0.25) is 9.78 Å². The first kappa shape index (κ1) is 23.5. The van der Waals surface area contributed by atoms with Gasteiger partial charge in [0.1, 0.15) is 11.3 Å². The molecular formula is C33H26N2O3. The average molecular weight is 499 g/mol. The summed E-state index contributed by atoms with van der Waals surface area (Å²) in [5.41, 5.74) is 6.97. The third-order valence-corrected chi connectivity index (χ3v) is 6.95. The second kappa shape index (κ2) is 9.52. The molecule has 2 aromatic heterocycles. The molecule has 186 valence electrons. The molecule has 2 heterocycles. The normalized spacial score (nSPS) is 11.8. The van der Waals surface area contributed by atoms with Crippen LogP contribution < -0.4 is 10.1 Å². The van der Waals surface area contributed by atoms with E-state index in [0.29, 0.717) is 11.4 Å². The highest BCUT2D eigenvalue weighted by Crippen LogP contribution is 2.41. The van der Waals surface area contributed by atoms with Crippen molar-refractivity contribution in [2.45, 2.75) is 13.8 Å². The van der Waals surface area contributed by atoms with E-state index in [1.807, 2.05) is 56.3 Å². The van der Waals surface area contributed by atoms with Crippen molar-refractivity contribution < 1.29 is 13.9 Å². The number of carbonyl (C=O) groups is 1. The van der Waals surface area contributed by atoms with Gasteiger partial charge in [-0.15, -0.1) is 0 Å². The quantitative estimate of drug-likeness (QED) is 0.244. The molecule has 38 heavy (non-hydrogen) atoms. The zero-order valence-corrected chi connectivity index (χ0v) is 21.4. The number of anilines is 1. The summed E-state index contributed by atoms with van der Waals surface area (Å²) in [6, 6.07) is 26.3. The Labute approximate surface area is 220 Å². The number of hydrogen-bond donors (Lipinski definition) is 1. The van der Waals surface area contributed by atoms with Gasteiger partial charge in [-0.25, -0.2) is 0 Å². The predicted molar refractivity (Wildman–Crippen MR) is 154 cm³/mol. The lowest BCUT2D eigenvalue weighted by Crippen LogP contribution is -2.08. The van der Waals surface area contributed by atoms with Gasteiger partial charge < -0.3 is 14.5 Å². The van der Waals surface area contributed by atoms with Crippen LogP contribution in [0.25, 0.3) is 49.3 Å². The van der Waals surface area contributed by atoms with E-state index in [0.717, 1.165) is 49.7 Å². The highest BCUT2D eigenvalue weighted by atomic mass is 16.5. The summed E-state index contributed by atoms with van der Waals surface area (Å²) in [5.74, 6) is 0.475. The van der Waals surface area contributed by atoms with Gasteiger partial charge in [0.05, 0.1) is 18.9 Å². The number of fused-ring (bicyclic) bond motifs is 3. The fourth-order valence-electron chi connectivity index (χ4n) is 5.06. The van der Waals surface area contributed by atoms with E-state index in [9.17, 15) is 4.79 Å². The molecule has 0 unspecified atom stereocenters. The first-order chi connectivity index (χ1) is 18.5. The monoisotopic (exact) mass is 498 g/mol. The molecule has 1 amide bonds. The Kier molecular flexibility index (Phi) is 5.89. The zero-order valence-electron chi connectivity index (χ0n) is 21.4. The van der Waals surface area contributed by atoms with Crippen LogP contribution in [0.1, 0.15) is 18.1 Å². The number of aromatic nitrogens is 1. The molecule has 4 aromatic carbocycles. The molecular weight excluding hydrogens is 472 g/mol. The number of methoxy groups -OCH3 is 1. The summed E-state index contributed by atoms with van der Waals surface area (Å²) in [4.78, 5) is 17.3. The molecule has 0 saturated carbocycles. The third-order valence-electron chi connectivity index (χ3n) is 6.95. The van der Waals surface area contributed by atoms with Gasteiger partial charge in [-0.1, -0.05) is 42.5 Å². The SMILES string of the molecule is COc1c(/C(C)=C/C(=O)Nc2ccc3ncccc3c2)cc2c(-c3ccc4ccccc4c3)coc2c1C. The summed E-state index contributed by atoms with van der Waals surface area (Å²) < 4.78 is 11.8. The van der Waals surface area contributed by atoms with Crippen LogP contribution in [-0.2, 0) is 4.79 Å². The fraction of sp³-hybridized carbons (Fsp3) is 0.0909. The van der Waals surface area contributed by atoms with Gasteiger partial charge in [0, 0.05) is 45.4 Å². The van der Waals surface area contributed by atoms with Crippen molar-refractivity contribution in [2.75, 3.05) is 12.4 Å². The van der Waals surface area contributed by atoms with Crippen molar-refractivity contribution in [3.63, 3.8) is 0 Å². The van der Waals surface area contributed by atoms with Crippen LogP contribution in [0.3, 0.4) is 0 Å². The summed E-state index contributed by atoms with van der Waals surface area (Å²) >= 11 is 0. The maximum Gasteiger partial charge on any atom is 0.248 e. The number of carbonyl (C=O) groups excluding carboxylic acids is 1. The molecule has 6 rings (SSSR count). The lowest BCUT2D eigenvalue weighted by Gasteiger charge is -2.13. The van der Waals surface area contributed by atoms with E-state index in [1.54, 1.807) is 25.6 Å². The van der Waals surface area contributed by atoms with Gasteiger partial charge in [0.2, 0.25) is 5.91 Å². The first-order valence-corrected chi connectivity index (χ1v) is 12.4. The molecule has 0 aliphatic rings. The molecule has 5 heteroatoms. The number of pyridine rings is 1. The molecule has 0 atom stereocenters. The second-order valence-electron chi connectivity index (χ2n) is 9.40. The number of hydrogen-bond acceptors (Lipinski definition) is 4. The van der Waals surface area contributed by atoms with E-state index in [-0.39, 0.29) is 5.91 Å². The number of nitrogens with one attached hydrogen (secondary N) is 1. The number of nitrogens with zero attached hydrogens (tertiary/aromatic N) is 1. The van der Waals surface area contributed by atoms with Crippen molar-refractivity contribution in [2.24, 2.45) is 0 Å². The van der Waals surface area contributed by atoms with Gasteiger partial charge >= 0.3 is 0 Å². The third kappa shape index (κ3) is 4.18. The Hall–Kier alpha value is -4.90. The largest absolute Gasteiger partial charge is 0.496 e. The number of furan rings is 1. The highest BCUT2D eigenvalue weighted by molar-refractivity contribution is 6.06. The molecule has 0 radical (unpaired) electrons. The van der Waals surface area contributed by atoms with Crippen molar-refractivity contribution in [3.8, 4) is 16.9 Å². The molecule has 0 aliphatic carbocycles. The molecule has 0 saturated heterocycles. The predicted octanol–water partition coefficient (Wildman–Crippen LogP) is 8.16. The summed E-state index contributed by atoms with van der Waals surface area (Å²) in [6.07, 6.45) is 5.15. The molecule has 0 fully saturated rings. The van der Waals surface area contributed by atoms with E-state index >= 15 is 0 Å². The Morgan fingerprint density at radius 2 is 1.76 bits per heavy atom. The van der Waals surface area contributed by atoms with E-state index in [2.05, 4.69) is 46.7 Å². The van der Waals surface area contributed by atoms with Gasteiger partial charge in [0.15, 0.2) is 0 Å². The van der Waals surface area contributed by atoms with Crippen LogP contribution in [0.4, 0.5) is 5.69 Å². The fourth-order valence-corrected chi connectivity index (χ4v) is 5.06. The summed E-state index contributed by atoms with van der Waals surface area (Å²) in [7, 11) is 1.64. The first-order valence-electron chi connectivity index (χ1n) is 12.4. The zero-order chi connectivity index (χ0) is 26.2. The minimum absolute atomic E-state index is 0.215. The molecule has 6 aromatic rings. The van der Waals surface area contributed by atoms with Gasteiger partial charge in [-0.2, -0.15) is 0 Å². The van der Waals surface area contributed by atoms with Crippen LogP contribution in [0.2, 0.25) is 0 Å². The summed E-state index contributed by atoms with van der Waals surface area (Å²) in [6.45, 7) is 3.90. The van der Waals surface area contributed by atoms with Crippen LogP contribution in [0.5, 0.6) is 5.75 Å². The van der Waals surface area contributed by atoms with E-state index < -0.39 is 0 Å². The van der Waals surface area contributed by atoms with Crippen LogP contribution in [0.15, 0.2) is 102 Å². The van der Waals surface area contributed by atoms with E-state index in [4.69, 9.17) is 9.15 Å². The van der Waals surface area contributed by atoms with Crippen molar-refractivity contribution in [1.82, 2.24) is 4.98 Å². The van der Waals surface area contributed by atoms with Crippen LogP contribution in [0, 0.1) is 6.92 Å². The van der Waals surface area contributed by atoms with Crippen LogP contribution >= 0.6 is 0 Å². The Morgan fingerprint density at radius 1 is 0.947 bits per heavy atom. The number of amides is 1. The van der Waals surface area contributed by atoms with Crippen molar-refractivity contribution in [1.29, 1.82) is 0 Å². The summed E-state index contributed by atoms with van der Waals surface area (Å²) in [5, 5.41) is 7.27. The molecule has 0 spiro atoms. The smallest absolute Gasteiger partial charge is 0.248 e. The Morgan fingerprint density at radius 3 is 2.61 bits per heavy atom. The standard InChI is InChI=1S/C33H26N2O3/c1-20(15-31(36)35-26-12-13-30-25(17-26)9-6-14-34-30)27-18-28-29(19-38-33(28)21(2)32(27)37-3)24-11-10-22-7-4-5-8-23(22)16-24/h4-19H,1-3H3,(H,35,36)/b20-15+. The maximum absolute atomic E-state index is 13.0. The lowest BCUT2D eigenvalue weighted by atomic mass is 9.95. The number of allylic oxidation sites excluding steroid dienone is 1. The molecule has 1 N–H and O–H groups in total. The Balaban J connectivity index is 1.38. The van der Waals surface area contributed by atoms with Gasteiger partial charge in [0.25, 0.3) is 0 Å². The van der Waals surface area contributed by atoms with Gasteiger partial charge in [-0.05, 0) is 72.2 Å². The topological polar surface area (TPSA) is 64.4 Å². The van der Waals surface area contributed by atoms with E-state index in [1.165, 1.54) is 10.8 Å². The van der Waals surface area contributed by atoms with Crippen molar-refractivity contribution >= 4 is 49.8 Å². The molecule has 0 bridgehead atoms. The number of rotatable bonds is 5. The maximum atomic E-state index is 13.0. The molecule has 5 nitrogen and oxygen atoms in total. The van der Waals surface area contributed by atoms with Crippen LogP contribution in [-0.4, -0.2) is 18.0 Å². The second-order valence-corrected chi connectivity index (χ2v) is 9.40. The number of benzene rings is 4. The Bertz CT molecular complexity index is 1880. The minimum atomic E-state index is -0.215. The number of ether oxygens (including phenoxy) is 1. The minimum Gasteiger partial charge on any atom is -0.496 e. The van der Waals surface area contributed by atoms with Crippen molar-refractivity contribution in [3.05, 3.63) is 109 Å². The number of aryl methyl sites for hydroxylation is 1. The lowest BCUT2D eigenvalue weighted by molar-refractivity contribution is -0.111.